The summed E-state index contributed by atoms with van der Waals surface area (Å²) < 4.78 is 5.98. The van der Waals surface area contributed by atoms with Crippen LogP contribution in [0.5, 0.6) is 5.75 Å². The molecule has 1 aromatic carbocycles. The molecule has 0 radical (unpaired) electrons. The summed E-state index contributed by atoms with van der Waals surface area (Å²) in [4.78, 5) is 0. The minimum absolute atomic E-state index is 0.181. The number of rotatable bonds is 3. The zero-order chi connectivity index (χ0) is 15.7. The third kappa shape index (κ3) is 3.79. The zero-order valence-electron chi connectivity index (χ0n) is 14.3. The lowest BCUT2D eigenvalue weighted by Crippen LogP contribution is -2.42. The van der Waals surface area contributed by atoms with Crippen molar-refractivity contribution in [2.24, 2.45) is 17.1 Å². The van der Waals surface area contributed by atoms with E-state index in [1.54, 1.807) is 0 Å². The normalized spacial score (nSPS) is 26.9. The van der Waals surface area contributed by atoms with Crippen LogP contribution in [0.1, 0.15) is 65.9 Å². The fourth-order valence-corrected chi connectivity index (χ4v) is 3.50. The van der Waals surface area contributed by atoms with Gasteiger partial charge < -0.3 is 10.5 Å². The van der Waals surface area contributed by atoms with Gasteiger partial charge in [-0.05, 0) is 56.9 Å². The average molecular weight is 289 g/mol. The largest absolute Gasteiger partial charge is 0.491 e. The summed E-state index contributed by atoms with van der Waals surface area (Å²) in [5, 5.41) is 0. The van der Waals surface area contributed by atoms with E-state index in [1.165, 1.54) is 18.4 Å². The van der Waals surface area contributed by atoms with Crippen LogP contribution in [0.2, 0.25) is 0 Å². The Morgan fingerprint density at radius 1 is 1.14 bits per heavy atom. The minimum Gasteiger partial charge on any atom is -0.491 e. The van der Waals surface area contributed by atoms with Gasteiger partial charge in [-0.25, -0.2) is 0 Å². The number of ether oxygens (including phenoxy) is 1. The summed E-state index contributed by atoms with van der Waals surface area (Å²) in [5.41, 5.74) is 8.12. The highest BCUT2D eigenvalue weighted by Crippen LogP contribution is 2.46. The van der Waals surface area contributed by atoms with Gasteiger partial charge in [-0.3, -0.25) is 0 Å². The van der Waals surface area contributed by atoms with E-state index >= 15 is 0 Å². The molecule has 2 nitrogen and oxygen atoms in total. The summed E-state index contributed by atoms with van der Waals surface area (Å²) in [7, 11) is 0. The number of hydrogen-bond acceptors (Lipinski definition) is 2. The van der Waals surface area contributed by atoms with E-state index < -0.39 is 0 Å². The van der Waals surface area contributed by atoms with E-state index in [1.807, 2.05) is 6.07 Å². The zero-order valence-corrected chi connectivity index (χ0v) is 14.3. The molecule has 0 atom stereocenters. The Balaban J connectivity index is 2.19. The maximum Gasteiger partial charge on any atom is 0.124 e. The summed E-state index contributed by atoms with van der Waals surface area (Å²) in [6.45, 7) is 11.2. The third-order valence-corrected chi connectivity index (χ3v) is 4.89. The second kappa shape index (κ2) is 6.00. The lowest BCUT2D eigenvalue weighted by atomic mass is 9.66. The summed E-state index contributed by atoms with van der Waals surface area (Å²) in [6.07, 6.45) is 4.69. The first kappa shape index (κ1) is 16.4. The standard InChI is InChI=1S/C19H31NO/c1-14(2)21-17-9-7-6-8-16(17)19(20)12-10-15(11-13-19)18(3,4)5/h6-9,14-15H,10-13,20H2,1-5H3. The topological polar surface area (TPSA) is 35.2 Å². The fraction of sp³-hybridized carbons (Fsp3) is 0.684. The Kier molecular flexibility index (Phi) is 4.67. The van der Waals surface area contributed by atoms with Gasteiger partial charge in [-0.1, -0.05) is 39.0 Å². The van der Waals surface area contributed by atoms with Gasteiger partial charge in [0.25, 0.3) is 0 Å². The molecule has 2 rings (SSSR count). The lowest BCUT2D eigenvalue weighted by molar-refractivity contribution is 0.130. The Bertz CT molecular complexity index is 465. The molecule has 1 aromatic rings. The molecule has 0 heterocycles. The van der Waals surface area contributed by atoms with Gasteiger partial charge in [0.15, 0.2) is 0 Å². The molecule has 0 saturated heterocycles. The Morgan fingerprint density at radius 2 is 1.71 bits per heavy atom. The highest BCUT2D eigenvalue weighted by Gasteiger charge is 2.38. The van der Waals surface area contributed by atoms with Crippen LogP contribution in [0.4, 0.5) is 0 Å². The first-order chi connectivity index (χ1) is 9.72. The maximum atomic E-state index is 6.78. The number of para-hydroxylation sites is 1. The molecule has 21 heavy (non-hydrogen) atoms. The SMILES string of the molecule is CC(C)Oc1ccccc1C1(N)CCC(C(C)(C)C)CC1. The van der Waals surface area contributed by atoms with Gasteiger partial charge in [0.1, 0.15) is 5.75 Å². The van der Waals surface area contributed by atoms with E-state index in [2.05, 4.69) is 52.8 Å². The van der Waals surface area contributed by atoms with E-state index in [4.69, 9.17) is 10.5 Å². The molecule has 0 spiro atoms. The molecule has 0 amide bonds. The molecular weight excluding hydrogens is 258 g/mol. The van der Waals surface area contributed by atoms with Crippen LogP contribution in [-0.2, 0) is 5.54 Å². The molecule has 0 aliphatic heterocycles. The fourth-order valence-electron chi connectivity index (χ4n) is 3.50. The number of hydrogen-bond donors (Lipinski definition) is 1. The molecule has 1 aliphatic rings. The summed E-state index contributed by atoms with van der Waals surface area (Å²) in [5.74, 6) is 1.73. The van der Waals surface area contributed by atoms with Gasteiger partial charge in [0.05, 0.1) is 6.10 Å². The van der Waals surface area contributed by atoms with Crippen LogP contribution >= 0.6 is 0 Å². The van der Waals surface area contributed by atoms with E-state index in [0.717, 1.165) is 24.5 Å². The Hall–Kier alpha value is -1.02. The molecule has 2 N–H and O–H groups in total. The van der Waals surface area contributed by atoms with Crippen molar-refractivity contribution >= 4 is 0 Å². The first-order valence-electron chi connectivity index (χ1n) is 8.27. The number of nitrogens with two attached hydrogens (primary N) is 1. The van der Waals surface area contributed by atoms with Crippen LogP contribution < -0.4 is 10.5 Å². The molecular formula is C19H31NO. The third-order valence-electron chi connectivity index (χ3n) is 4.89. The highest BCUT2D eigenvalue weighted by molar-refractivity contribution is 5.39. The van der Waals surface area contributed by atoms with Crippen LogP contribution in [0.3, 0.4) is 0 Å². The second-order valence-electron chi connectivity index (χ2n) is 7.96. The predicted molar refractivity (Wildman–Crippen MR) is 89.5 cm³/mol. The van der Waals surface area contributed by atoms with Crippen molar-refractivity contribution in [3.8, 4) is 5.75 Å². The monoisotopic (exact) mass is 289 g/mol. The van der Waals surface area contributed by atoms with E-state index in [0.29, 0.717) is 5.41 Å². The smallest absolute Gasteiger partial charge is 0.124 e. The van der Waals surface area contributed by atoms with Crippen molar-refractivity contribution in [2.75, 3.05) is 0 Å². The van der Waals surface area contributed by atoms with Crippen molar-refractivity contribution in [3.05, 3.63) is 29.8 Å². The molecule has 0 unspecified atom stereocenters. The Morgan fingerprint density at radius 3 is 2.24 bits per heavy atom. The van der Waals surface area contributed by atoms with E-state index in [-0.39, 0.29) is 11.6 Å². The molecule has 1 saturated carbocycles. The van der Waals surface area contributed by atoms with Crippen LogP contribution in [0.25, 0.3) is 0 Å². The first-order valence-corrected chi connectivity index (χ1v) is 8.27. The van der Waals surface area contributed by atoms with Crippen LogP contribution in [0, 0.1) is 11.3 Å². The van der Waals surface area contributed by atoms with Crippen molar-refractivity contribution in [3.63, 3.8) is 0 Å². The van der Waals surface area contributed by atoms with Crippen LogP contribution in [-0.4, -0.2) is 6.10 Å². The van der Waals surface area contributed by atoms with Crippen LogP contribution in [0.15, 0.2) is 24.3 Å². The molecule has 0 aromatic heterocycles. The van der Waals surface area contributed by atoms with Crippen molar-refractivity contribution in [2.45, 2.75) is 71.9 Å². The summed E-state index contributed by atoms with van der Waals surface area (Å²) >= 11 is 0. The quantitative estimate of drug-likeness (QED) is 0.862. The second-order valence-corrected chi connectivity index (χ2v) is 7.96. The lowest BCUT2D eigenvalue weighted by Gasteiger charge is -2.42. The molecule has 2 heteroatoms. The molecule has 0 bridgehead atoms. The number of benzene rings is 1. The van der Waals surface area contributed by atoms with Gasteiger partial charge in [0, 0.05) is 11.1 Å². The van der Waals surface area contributed by atoms with Gasteiger partial charge in [-0.15, -0.1) is 0 Å². The predicted octanol–water partition coefficient (Wildman–Crippen LogP) is 4.86. The molecule has 1 aliphatic carbocycles. The molecule has 118 valence electrons. The highest BCUT2D eigenvalue weighted by atomic mass is 16.5. The molecule has 1 fully saturated rings. The van der Waals surface area contributed by atoms with Gasteiger partial charge in [-0.2, -0.15) is 0 Å². The van der Waals surface area contributed by atoms with Gasteiger partial charge in [0.2, 0.25) is 0 Å². The summed E-state index contributed by atoms with van der Waals surface area (Å²) in [6, 6.07) is 8.31. The van der Waals surface area contributed by atoms with Gasteiger partial charge >= 0.3 is 0 Å². The maximum absolute atomic E-state index is 6.78. The van der Waals surface area contributed by atoms with Crippen molar-refractivity contribution in [1.29, 1.82) is 0 Å². The van der Waals surface area contributed by atoms with Crippen molar-refractivity contribution < 1.29 is 4.74 Å². The van der Waals surface area contributed by atoms with E-state index in [9.17, 15) is 0 Å². The van der Waals surface area contributed by atoms with Crippen molar-refractivity contribution in [1.82, 2.24) is 0 Å². The minimum atomic E-state index is -0.229. The average Bonchev–Trinajstić information content (AvgIpc) is 2.38. The Labute approximate surface area is 130 Å².